The maximum absolute atomic E-state index is 4.41. The van der Waals surface area contributed by atoms with Crippen LogP contribution in [0.2, 0.25) is 0 Å². The number of nitrogens with one attached hydrogen (secondary N) is 1. The SMILES string of the molecule is CC(C)P(NC(=NI)c1ccccc1I)C(C)C. The average Bonchev–Trinajstić information content (AvgIpc) is 2.31. The smallest absolute Gasteiger partial charge is 0.143 e. The van der Waals surface area contributed by atoms with Crippen LogP contribution in [0.1, 0.15) is 33.3 Å². The number of nitrogens with zero attached hydrogens (tertiary/aromatic N) is 1. The predicted molar refractivity (Wildman–Crippen MR) is 100 cm³/mol. The van der Waals surface area contributed by atoms with Gasteiger partial charge in [-0.1, -0.05) is 45.9 Å². The molecule has 0 saturated heterocycles. The van der Waals surface area contributed by atoms with Crippen molar-refractivity contribution in [3.8, 4) is 0 Å². The Morgan fingerprint density at radius 1 is 1.17 bits per heavy atom. The molecule has 1 aromatic carbocycles. The number of halogens is 2. The van der Waals surface area contributed by atoms with E-state index in [1.54, 1.807) is 0 Å². The number of hydrogen-bond acceptors (Lipinski definition) is 1. The van der Waals surface area contributed by atoms with Gasteiger partial charge in [-0.3, -0.25) is 0 Å². The Hall–Kier alpha value is 0.580. The first-order valence-corrected chi connectivity index (χ1v) is 9.48. The van der Waals surface area contributed by atoms with E-state index in [9.17, 15) is 0 Å². The van der Waals surface area contributed by atoms with Gasteiger partial charge in [-0.2, -0.15) is 3.21 Å². The summed E-state index contributed by atoms with van der Waals surface area (Å²) in [4.78, 5) is 0. The summed E-state index contributed by atoms with van der Waals surface area (Å²) in [6.07, 6.45) is 0. The van der Waals surface area contributed by atoms with E-state index in [1.165, 1.54) is 9.13 Å². The van der Waals surface area contributed by atoms with E-state index in [4.69, 9.17) is 0 Å². The average molecular weight is 488 g/mol. The zero-order chi connectivity index (χ0) is 13.7. The molecule has 0 unspecified atom stereocenters. The lowest BCUT2D eigenvalue weighted by molar-refractivity contribution is 0.991. The lowest BCUT2D eigenvalue weighted by atomic mass is 10.2. The van der Waals surface area contributed by atoms with Crippen LogP contribution in [-0.4, -0.2) is 17.2 Å². The van der Waals surface area contributed by atoms with Crippen LogP contribution in [0.25, 0.3) is 0 Å². The van der Waals surface area contributed by atoms with Crippen LogP contribution in [0.3, 0.4) is 0 Å². The normalized spacial score (nSPS) is 12.6. The van der Waals surface area contributed by atoms with Gasteiger partial charge < -0.3 is 5.09 Å². The number of benzene rings is 1. The molecular formula is C13H19I2N2P. The van der Waals surface area contributed by atoms with Gasteiger partial charge in [0.2, 0.25) is 0 Å². The van der Waals surface area contributed by atoms with Crippen molar-refractivity contribution in [2.24, 2.45) is 3.21 Å². The van der Waals surface area contributed by atoms with Crippen LogP contribution in [0.5, 0.6) is 0 Å². The van der Waals surface area contributed by atoms with Crippen molar-refractivity contribution < 1.29 is 0 Å². The van der Waals surface area contributed by atoms with Crippen LogP contribution in [0.4, 0.5) is 0 Å². The molecule has 0 aliphatic heterocycles. The molecule has 0 spiro atoms. The third-order valence-corrected chi connectivity index (χ3v) is 6.68. The number of rotatable bonds is 4. The van der Waals surface area contributed by atoms with Crippen molar-refractivity contribution in [2.75, 3.05) is 0 Å². The second-order valence-electron chi connectivity index (χ2n) is 4.62. The Kier molecular flexibility index (Phi) is 7.39. The fourth-order valence-electron chi connectivity index (χ4n) is 1.75. The highest BCUT2D eigenvalue weighted by atomic mass is 127. The maximum atomic E-state index is 4.41. The van der Waals surface area contributed by atoms with Gasteiger partial charge in [0.1, 0.15) is 5.84 Å². The zero-order valence-electron chi connectivity index (χ0n) is 11.1. The molecule has 0 aliphatic rings. The molecule has 1 N–H and O–H groups in total. The second kappa shape index (κ2) is 8.00. The molecule has 5 heteroatoms. The molecule has 0 radical (unpaired) electrons. The third-order valence-electron chi connectivity index (χ3n) is 2.56. The van der Waals surface area contributed by atoms with E-state index in [2.05, 4.69) is 106 Å². The topological polar surface area (TPSA) is 24.4 Å². The van der Waals surface area contributed by atoms with Crippen molar-refractivity contribution in [2.45, 2.75) is 39.0 Å². The van der Waals surface area contributed by atoms with Gasteiger partial charge in [-0.05, 0) is 48.0 Å². The summed E-state index contributed by atoms with van der Waals surface area (Å²) in [5.74, 6) is 1.01. The van der Waals surface area contributed by atoms with Gasteiger partial charge >= 0.3 is 0 Å². The minimum atomic E-state index is -0.249. The first kappa shape index (κ1) is 16.6. The molecular weight excluding hydrogens is 469 g/mol. The Bertz CT molecular complexity index is 411. The molecule has 0 saturated carbocycles. The number of hydrogen-bond donors (Lipinski definition) is 1. The van der Waals surface area contributed by atoms with E-state index in [0.29, 0.717) is 11.3 Å². The Morgan fingerprint density at radius 3 is 2.17 bits per heavy atom. The van der Waals surface area contributed by atoms with Crippen LogP contribution in [0, 0.1) is 3.57 Å². The summed E-state index contributed by atoms with van der Waals surface area (Å²) in [7, 11) is -0.249. The third kappa shape index (κ3) is 4.60. The monoisotopic (exact) mass is 488 g/mol. The van der Waals surface area contributed by atoms with Gasteiger partial charge in [0.25, 0.3) is 0 Å². The molecule has 1 aromatic rings. The van der Waals surface area contributed by atoms with Crippen molar-refractivity contribution >= 4 is 59.4 Å². The largest absolute Gasteiger partial charge is 0.348 e. The lowest BCUT2D eigenvalue weighted by Gasteiger charge is -2.28. The van der Waals surface area contributed by atoms with E-state index in [1.807, 2.05) is 0 Å². The molecule has 18 heavy (non-hydrogen) atoms. The van der Waals surface area contributed by atoms with Crippen molar-refractivity contribution in [3.63, 3.8) is 0 Å². The summed E-state index contributed by atoms with van der Waals surface area (Å²) in [6, 6.07) is 8.37. The van der Waals surface area contributed by atoms with Gasteiger partial charge in [0, 0.05) is 9.13 Å². The summed E-state index contributed by atoms with van der Waals surface area (Å²) in [6.45, 7) is 9.11. The second-order valence-corrected chi connectivity index (χ2v) is 9.37. The summed E-state index contributed by atoms with van der Waals surface area (Å²) in [5, 5.41) is 3.66. The first-order valence-electron chi connectivity index (χ1n) is 5.96. The molecule has 0 heterocycles. The Balaban J connectivity index is 2.96. The van der Waals surface area contributed by atoms with Crippen molar-refractivity contribution in [1.82, 2.24) is 5.09 Å². The summed E-state index contributed by atoms with van der Waals surface area (Å²) in [5.41, 5.74) is 2.49. The highest BCUT2D eigenvalue weighted by Gasteiger charge is 2.19. The summed E-state index contributed by atoms with van der Waals surface area (Å²) < 4.78 is 5.65. The van der Waals surface area contributed by atoms with Crippen LogP contribution in [0.15, 0.2) is 27.5 Å². The molecule has 0 aromatic heterocycles. The van der Waals surface area contributed by atoms with Gasteiger partial charge in [0.05, 0.1) is 22.9 Å². The van der Waals surface area contributed by atoms with Gasteiger partial charge in [0.15, 0.2) is 0 Å². The first-order chi connectivity index (χ1) is 8.47. The molecule has 100 valence electrons. The van der Waals surface area contributed by atoms with Crippen molar-refractivity contribution in [1.29, 1.82) is 0 Å². The van der Waals surface area contributed by atoms with Crippen LogP contribution in [-0.2, 0) is 0 Å². The quantitative estimate of drug-likeness (QED) is 0.269. The molecule has 0 atom stereocenters. The van der Waals surface area contributed by atoms with Gasteiger partial charge in [-0.15, -0.1) is 0 Å². The Labute approximate surface area is 139 Å². The van der Waals surface area contributed by atoms with Crippen molar-refractivity contribution in [3.05, 3.63) is 33.4 Å². The highest BCUT2D eigenvalue weighted by molar-refractivity contribution is 14.1. The molecule has 0 bridgehead atoms. The minimum absolute atomic E-state index is 0.249. The molecule has 2 nitrogen and oxygen atoms in total. The molecule has 0 aliphatic carbocycles. The van der Waals surface area contributed by atoms with E-state index < -0.39 is 0 Å². The van der Waals surface area contributed by atoms with Gasteiger partial charge in [-0.25, -0.2) is 0 Å². The summed E-state index contributed by atoms with van der Waals surface area (Å²) >= 11 is 4.45. The molecule has 0 amide bonds. The van der Waals surface area contributed by atoms with E-state index in [0.717, 1.165) is 5.84 Å². The number of amidine groups is 1. The fourth-order valence-corrected chi connectivity index (χ4v) is 5.09. The van der Waals surface area contributed by atoms with Crippen LogP contribution < -0.4 is 5.09 Å². The fraction of sp³-hybridized carbons (Fsp3) is 0.462. The standard InChI is InChI=1S/C13H19I2N2P/c1-9(2)18(10(3)4)17-13(16-15)11-7-5-6-8-12(11)14/h5-10H,1-4H3,(H,16,17). The molecule has 1 rings (SSSR count). The minimum Gasteiger partial charge on any atom is -0.348 e. The van der Waals surface area contributed by atoms with E-state index in [-0.39, 0.29) is 8.07 Å². The lowest BCUT2D eigenvalue weighted by Crippen LogP contribution is -2.26. The highest BCUT2D eigenvalue weighted by Crippen LogP contribution is 2.42. The molecule has 0 fully saturated rings. The Morgan fingerprint density at radius 2 is 1.72 bits per heavy atom. The maximum Gasteiger partial charge on any atom is 0.143 e. The van der Waals surface area contributed by atoms with Crippen LogP contribution >= 0.6 is 53.5 Å². The zero-order valence-corrected chi connectivity index (χ0v) is 16.3. The predicted octanol–water partition coefficient (Wildman–Crippen LogP) is 5.19. The van der Waals surface area contributed by atoms with E-state index >= 15 is 0 Å².